The predicted octanol–water partition coefficient (Wildman–Crippen LogP) is 4.20. The molecule has 2 aromatic rings. The first-order chi connectivity index (χ1) is 25.3. The number of carbonyl (C=O) groups excluding carboxylic acids is 4. The fraction of sp³-hybridized carbons (Fsp3) is 0.611. The number of halogens is 3. The molecule has 2 heterocycles. The lowest BCUT2D eigenvalue weighted by Crippen LogP contribution is -2.60. The molecule has 6 atom stereocenters. The van der Waals surface area contributed by atoms with Gasteiger partial charge in [-0.25, -0.2) is 14.0 Å². The van der Waals surface area contributed by atoms with E-state index in [9.17, 15) is 36.6 Å². The topological polar surface area (TPSA) is 187 Å². The summed E-state index contributed by atoms with van der Waals surface area (Å²) in [7, 11) is 0.870. The van der Waals surface area contributed by atoms with Crippen LogP contribution in [0.5, 0.6) is 17.4 Å². The first kappa shape index (κ1) is 43.1. The average molecular weight is 799 g/mol. The molecule has 1 aromatic heterocycles. The van der Waals surface area contributed by atoms with Crippen LogP contribution in [0, 0.1) is 11.3 Å². The maximum Gasteiger partial charge on any atom is 0.451 e. The summed E-state index contributed by atoms with van der Waals surface area (Å²) in [6.07, 6.45) is -5.67. The van der Waals surface area contributed by atoms with Crippen LogP contribution in [-0.2, 0) is 36.3 Å². The summed E-state index contributed by atoms with van der Waals surface area (Å²) in [6, 6.07) is -0.0495. The summed E-state index contributed by atoms with van der Waals surface area (Å²) >= 11 is 0. The number of benzene rings is 1. The van der Waals surface area contributed by atoms with Gasteiger partial charge in [0.15, 0.2) is 11.5 Å². The van der Waals surface area contributed by atoms with Gasteiger partial charge in [-0.2, -0.15) is 18.2 Å². The van der Waals surface area contributed by atoms with E-state index in [1.165, 1.54) is 32.4 Å². The second-order valence-corrected chi connectivity index (χ2v) is 17.5. The number of carbonyl (C=O) groups is 4. The van der Waals surface area contributed by atoms with E-state index in [1.807, 2.05) is 0 Å². The summed E-state index contributed by atoms with van der Waals surface area (Å²) < 4.78 is 79.2. The minimum atomic E-state index is -4.98. The van der Waals surface area contributed by atoms with Crippen LogP contribution < -0.4 is 29.6 Å². The molecule has 3 unspecified atom stereocenters. The van der Waals surface area contributed by atoms with Gasteiger partial charge in [-0.05, 0) is 52.5 Å². The average Bonchev–Trinajstić information content (AvgIpc) is 3.63. The fourth-order valence-electron chi connectivity index (χ4n) is 6.05. The van der Waals surface area contributed by atoms with Gasteiger partial charge < -0.3 is 34.5 Å². The molecule has 1 saturated heterocycles. The standard InChI is InChI=1S/C36H49F3N6O9S/c1-12-19-16-35(19,31(48)44-55(50)18(2)3)43-27(46)23-13-20(17-45(23)29(47)26(33(4,5)6)41-32(49)54-34(7,8)9)53-28-21-14-24(51-10)25(52-11)15-22(21)40-30(42-28)36(37,38)39/h12,14-15,18-20,23,26H,1,13,16-17H2,2-11H3,(H,41,49)(H,43,46)(H,44,48)/t19?,20-,23+,26-,35?,55?/m1/s1. The summed E-state index contributed by atoms with van der Waals surface area (Å²) in [6.45, 7) is 16.7. The molecule has 4 amide bonds. The van der Waals surface area contributed by atoms with E-state index in [4.69, 9.17) is 18.9 Å². The summed E-state index contributed by atoms with van der Waals surface area (Å²) in [5, 5.41) is 4.94. The monoisotopic (exact) mass is 798 g/mol. The fourth-order valence-corrected chi connectivity index (χ4v) is 6.65. The van der Waals surface area contributed by atoms with Crippen molar-refractivity contribution >= 4 is 45.7 Å². The maximum absolute atomic E-state index is 14.5. The number of likely N-dealkylation sites (tertiary alicyclic amines) is 1. The number of nitrogens with one attached hydrogen (secondary N) is 3. The van der Waals surface area contributed by atoms with E-state index in [1.54, 1.807) is 55.4 Å². The molecule has 1 saturated carbocycles. The molecule has 19 heteroatoms. The Bertz CT molecular complexity index is 1860. The zero-order valence-corrected chi connectivity index (χ0v) is 33.3. The number of fused-ring (bicyclic) bond motifs is 1. The Kier molecular flexibility index (Phi) is 12.4. The molecule has 2 aliphatic rings. The van der Waals surface area contributed by atoms with Gasteiger partial charge in [0.2, 0.25) is 23.5 Å². The van der Waals surface area contributed by atoms with Crippen molar-refractivity contribution in [2.75, 3.05) is 20.8 Å². The lowest BCUT2D eigenvalue weighted by atomic mass is 9.85. The van der Waals surface area contributed by atoms with Crippen LogP contribution in [0.15, 0.2) is 24.8 Å². The Labute approximate surface area is 320 Å². The predicted molar refractivity (Wildman–Crippen MR) is 195 cm³/mol. The van der Waals surface area contributed by atoms with Gasteiger partial charge >= 0.3 is 12.3 Å². The van der Waals surface area contributed by atoms with Crippen LogP contribution in [0.25, 0.3) is 10.9 Å². The number of hydrogen-bond donors (Lipinski definition) is 3. The van der Waals surface area contributed by atoms with E-state index in [0.717, 1.165) is 4.90 Å². The Morgan fingerprint density at radius 3 is 2.16 bits per heavy atom. The lowest BCUT2D eigenvalue weighted by Gasteiger charge is -2.36. The Hall–Kier alpha value is -4.68. The molecule has 0 radical (unpaired) electrons. The first-order valence-corrected chi connectivity index (χ1v) is 18.7. The van der Waals surface area contributed by atoms with Gasteiger partial charge in [0.1, 0.15) is 40.3 Å². The largest absolute Gasteiger partial charge is 0.493 e. The molecule has 15 nitrogen and oxygen atoms in total. The third kappa shape index (κ3) is 9.77. The third-order valence-electron chi connectivity index (χ3n) is 8.99. The van der Waals surface area contributed by atoms with E-state index in [2.05, 4.69) is 31.9 Å². The number of nitrogens with zero attached hydrogens (tertiary/aromatic N) is 3. The van der Waals surface area contributed by atoms with Crippen LogP contribution in [-0.4, -0.2) is 98.2 Å². The summed E-state index contributed by atoms with van der Waals surface area (Å²) in [5.74, 6) is -4.53. The van der Waals surface area contributed by atoms with E-state index in [0.29, 0.717) is 0 Å². The molecule has 304 valence electrons. The molecule has 1 aromatic carbocycles. The minimum Gasteiger partial charge on any atom is -0.493 e. The van der Waals surface area contributed by atoms with Crippen molar-refractivity contribution in [2.24, 2.45) is 11.3 Å². The quantitative estimate of drug-likeness (QED) is 0.261. The lowest BCUT2D eigenvalue weighted by molar-refractivity contribution is -0.145. The number of rotatable bonds is 12. The highest BCUT2D eigenvalue weighted by Gasteiger charge is 2.61. The zero-order chi connectivity index (χ0) is 41.4. The smallest absolute Gasteiger partial charge is 0.451 e. The highest BCUT2D eigenvalue weighted by Crippen LogP contribution is 2.45. The molecule has 0 spiro atoms. The summed E-state index contributed by atoms with van der Waals surface area (Å²) in [4.78, 5) is 63.6. The van der Waals surface area contributed by atoms with Crippen LogP contribution in [0.3, 0.4) is 0 Å². The second-order valence-electron chi connectivity index (χ2n) is 15.8. The molecule has 2 fully saturated rings. The molecular weight excluding hydrogens is 749 g/mol. The molecule has 0 bridgehead atoms. The van der Waals surface area contributed by atoms with E-state index in [-0.39, 0.29) is 41.8 Å². The van der Waals surface area contributed by atoms with Crippen LogP contribution in [0.2, 0.25) is 0 Å². The minimum absolute atomic E-state index is 0.0242. The molecule has 55 heavy (non-hydrogen) atoms. The number of aromatic nitrogens is 2. The SMILES string of the molecule is C=CC1CC1(NC(=O)[C@@H]1C[C@@H](Oc2nc(C(F)(F)F)nc3cc(OC)c(OC)cc23)CN1C(=O)[C@@H](NC(=O)OC(C)(C)C)C(C)(C)C)C(=O)NS(=O)C(C)C. The van der Waals surface area contributed by atoms with Gasteiger partial charge in [0, 0.05) is 23.7 Å². The number of hydrogen-bond acceptors (Lipinski definition) is 11. The summed E-state index contributed by atoms with van der Waals surface area (Å²) in [5.41, 5.74) is -3.57. The van der Waals surface area contributed by atoms with Crippen LogP contribution in [0.1, 0.15) is 74.1 Å². The van der Waals surface area contributed by atoms with Gasteiger partial charge in [-0.1, -0.05) is 26.8 Å². The second kappa shape index (κ2) is 15.8. The van der Waals surface area contributed by atoms with Gasteiger partial charge in [0.25, 0.3) is 5.91 Å². The zero-order valence-electron chi connectivity index (χ0n) is 32.5. The number of alkyl carbamates (subject to hydrolysis) is 1. The van der Waals surface area contributed by atoms with Crippen molar-refractivity contribution < 1.29 is 55.5 Å². The Balaban J connectivity index is 1.77. The number of amides is 4. The van der Waals surface area contributed by atoms with Crippen molar-refractivity contribution in [1.29, 1.82) is 0 Å². The highest BCUT2D eigenvalue weighted by molar-refractivity contribution is 7.84. The van der Waals surface area contributed by atoms with Gasteiger partial charge in [-0.3, -0.25) is 19.1 Å². The normalized spacial score (nSPS) is 22.4. The number of methoxy groups -OCH3 is 2. The van der Waals surface area contributed by atoms with Gasteiger partial charge in [-0.15, -0.1) is 6.58 Å². The highest BCUT2D eigenvalue weighted by atomic mass is 32.2. The Morgan fingerprint density at radius 2 is 1.65 bits per heavy atom. The number of alkyl halides is 3. The number of ether oxygens (including phenoxy) is 4. The van der Waals surface area contributed by atoms with Gasteiger partial charge in [0.05, 0.1) is 31.7 Å². The van der Waals surface area contributed by atoms with E-state index >= 15 is 0 Å². The van der Waals surface area contributed by atoms with Crippen molar-refractivity contribution in [1.82, 2.24) is 30.2 Å². The molecule has 4 rings (SSSR count). The first-order valence-electron chi connectivity index (χ1n) is 17.5. The van der Waals surface area contributed by atoms with Crippen LogP contribution in [0.4, 0.5) is 18.0 Å². The maximum atomic E-state index is 14.5. The molecule has 1 aliphatic carbocycles. The van der Waals surface area contributed by atoms with Crippen molar-refractivity contribution in [3.63, 3.8) is 0 Å². The van der Waals surface area contributed by atoms with Crippen molar-refractivity contribution in [2.45, 2.75) is 109 Å². The van der Waals surface area contributed by atoms with Crippen LogP contribution >= 0.6 is 0 Å². The molecule has 3 N–H and O–H groups in total. The Morgan fingerprint density at radius 1 is 1.04 bits per heavy atom. The third-order valence-corrected chi connectivity index (χ3v) is 10.2. The molecular formula is C36H49F3N6O9S. The van der Waals surface area contributed by atoms with E-state index < -0.39 is 98.6 Å². The molecule has 1 aliphatic heterocycles. The van der Waals surface area contributed by atoms with Crippen molar-refractivity contribution in [3.8, 4) is 17.4 Å². The van der Waals surface area contributed by atoms with Crippen molar-refractivity contribution in [3.05, 3.63) is 30.6 Å².